The normalized spacial score (nSPS) is 17.9. The molecule has 0 amide bonds. The smallest absolute Gasteiger partial charge is 0.421 e. The molecule has 3 rings (SSSR count). The van der Waals surface area contributed by atoms with Crippen molar-refractivity contribution in [3.05, 3.63) is 53.0 Å². The topological polar surface area (TPSA) is 47.0 Å². The minimum atomic E-state index is -4.50. The number of ether oxygens (including phenoxy) is 1. The molecule has 0 fully saturated rings. The molecular weight excluding hydrogens is 295 g/mol. The molecule has 0 bridgehead atoms. The van der Waals surface area contributed by atoms with E-state index in [0.29, 0.717) is 18.5 Å². The summed E-state index contributed by atoms with van der Waals surface area (Å²) in [5, 5.41) is 3.22. The van der Waals surface area contributed by atoms with E-state index in [1.165, 1.54) is 13.3 Å². The largest absolute Gasteiger partial charge is 0.481 e. The molecule has 0 saturated heterocycles. The van der Waals surface area contributed by atoms with Gasteiger partial charge in [-0.25, -0.2) is 4.98 Å². The molecule has 2 aromatic heterocycles. The second-order valence-electron chi connectivity index (χ2n) is 5.11. The van der Waals surface area contributed by atoms with E-state index in [0.717, 1.165) is 17.2 Å². The molecule has 1 aliphatic heterocycles. The lowest BCUT2D eigenvalue weighted by atomic mass is 9.93. The van der Waals surface area contributed by atoms with Gasteiger partial charge in [-0.05, 0) is 35.2 Å². The predicted molar refractivity (Wildman–Crippen MR) is 73.3 cm³/mol. The van der Waals surface area contributed by atoms with Crippen LogP contribution in [-0.2, 0) is 19.1 Å². The Balaban J connectivity index is 1.93. The fourth-order valence-corrected chi connectivity index (χ4v) is 2.60. The molecule has 0 radical (unpaired) electrons. The number of fused-ring (bicyclic) bond motifs is 1. The van der Waals surface area contributed by atoms with Crippen molar-refractivity contribution >= 4 is 0 Å². The van der Waals surface area contributed by atoms with Crippen LogP contribution in [-0.4, -0.2) is 17.1 Å². The third-order valence-corrected chi connectivity index (χ3v) is 3.74. The first-order chi connectivity index (χ1) is 10.5. The van der Waals surface area contributed by atoms with Gasteiger partial charge in [0.1, 0.15) is 5.56 Å². The molecule has 2 aromatic rings. The maximum Gasteiger partial charge on any atom is 0.421 e. The Bertz CT molecular complexity index is 688. The minimum absolute atomic E-state index is 0.214. The van der Waals surface area contributed by atoms with Crippen molar-refractivity contribution in [1.29, 1.82) is 0 Å². The number of nitrogens with one attached hydrogen (secondary N) is 1. The van der Waals surface area contributed by atoms with Crippen LogP contribution in [0.3, 0.4) is 0 Å². The zero-order valence-corrected chi connectivity index (χ0v) is 11.8. The second kappa shape index (κ2) is 5.57. The predicted octanol–water partition coefficient (Wildman–Crippen LogP) is 2.89. The number of nitrogens with zero attached hydrogens (tertiary/aromatic N) is 2. The molecule has 116 valence electrons. The average molecular weight is 309 g/mol. The van der Waals surface area contributed by atoms with Crippen LogP contribution in [0.1, 0.15) is 28.3 Å². The number of rotatable bonds is 2. The molecule has 1 unspecified atom stereocenters. The van der Waals surface area contributed by atoms with Crippen LogP contribution in [0.15, 0.2) is 30.7 Å². The van der Waals surface area contributed by atoms with Crippen molar-refractivity contribution < 1.29 is 17.9 Å². The van der Waals surface area contributed by atoms with Crippen LogP contribution in [0.2, 0.25) is 0 Å². The minimum Gasteiger partial charge on any atom is -0.481 e. The summed E-state index contributed by atoms with van der Waals surface area (Å²) < 4.78 is 43.9. The Hall–Kier alpha value is -2.15. The molecule has 1 N–H and O–H groups in total. The van der Waals surface area contributed by atoms with E-state index in [9.17, 15) is 13.2 Å². The summed E-state index contributed by atoms with van der Waals surface area (Å²) in [6.45, 7) is 0.571. The number of hydrogen-bond donors (Lipinski definition) is 1. The Labute approximate surface area is 125 Å². The maximum absolute atomic E-state index is 13.1. The highest BCUT2D eigenvalue weighted by Crippen LogP contribution is 2.37. The number of alkyl halides is 3. The molecule has 1 atom stereocenters. The standard InChI is InChI=1S/C15H14F3N3O/c1-22-14-12(15(16,17)18)4-10(7-21-14)13-5-9-2-3-19-6-11(9)8-20-13/h2-4,6-7,13,20H,5,8H2,1H3. The lowest BCUT2D eigenvalue weighted by molar-refractivity contribution is -0.139. The lowest BCUT2D eigenvalue weighted by Gasteiger charge is -2.26. The molecule has 3 heterocycles. The Kier molecular flexibility index (Phi) is 3.74. The van der Waals surface area contributed by atoms with Gasteiger partial charge in [-0.1, -0.05) is 0 Å². The van der Waals surface area contributed by atoms with Crippen molar-refractivity contribution in [1.82, 2.24) is 15.3 Å². The van der Waals surface area contributed by atoms with Gasteiger partial charge in [0.05, 0.1) is 7.11 Å². The summed E-state index contributed by atoms with van der Waals surface area (Å²) in [5.41, 5.74) is 1.80. The van der Waals surface area contributed by atoms with Crippen LogP contribution < -0.4 is 10.1 Å². The second-order valence-corrected chi connectivity index (χ2v) is 5.11. The first kappa shape index (κ1) is 14.8. The zero-order valence-electron chi connectivity index (χ0n) is 11.8. The van der Waals surface area contributed by atoms with E-state index in [2.05, 4.69) is 15.3 Å². The van der Waals surface area contributed by atoms with Gasteiger partial charge in [0.2, 0.25) is 5.88 Å². The van der Waals surface area contributed by atoms with Gasteiger partial charge in [-0.2, -0.15) is 13.2 Å². The SMILES string of the molecule is COc1ncc(C2Cc3ccncc3CN2)cc1C(F)(F)F. The quantitative estimate of drug-likeness (QED) is 0.926. The summed E-state index contributed by atoms with van der Waals surface area (Å²) in [6, 6.07) is 2.79. The number of aromatic nitrogens is 2. The van der Waals surface area contributed by atoms with Crippen LogP contribution in [0.5, 0.6) is 5.88 Å². The number of halogens is 3. The Morgan fingerprint density at radius 3 is 2.82 bits per heavy atom. The summed E-state index contributed by atoms with van der Waals surface area (Å²) in [6.07, 6.45) is 0.993. The summed E-state index contributed by atoms with van der Waals surface area (Å²) in [7, 11) is 1.18. The van der Waals surface area contributed by atoms with E-state index >= 15 is 0 Å². The summed E-state index contributed by atoms with van der Waals surface area (Å²) >= 11 is 0. The van der Waals surface area contributed by atoms with E-state index in [1.807, 2.05) is 6.07 Å². The van der Waals surface area contributed by atoms with Gasteiger partial charge in [-0.3, -0.25) is 4.98 Å². The van der Waals surface area contributed by atoms with Crippen molar-refractivity contribution in [2.24, 2.45) is 0 Å². The van der Waals surface area contributed by atoms with Gasteiger partial charge in [0, 0.05) is 31.2 Å². The van der Waals surface area contributed by atoms with Gasteiger partial charge >= 0.3 is 6.18 Å². The highest BCUT2D eigenvalue weighted by atomic mass is 19.4. The molecule has 22 heavy (non-hydrogen) atoms. The molecule has 7 heteroatoms. The van der Waals surface area contributed by atoms with Crippen LogP contribution in [0.25, 0.3) is 0 Å². The Morgan fingerprint density at radius 2 is 2.09 bits per heavy atom. The summed E-state index contributed by atoms with van der Waals surface area (Å²) in [5.74, 6) is -0.406. The van der Waals surface area contributed by atoms with E-state index in [4.69, 9.17) is 4.74 Å². The highest BCUT2D eigenvalue weighted by Gasteiger charge is 2.36. The van der Waals surface area contributed by atoms with Crippen LogP contribution in [0, 0.1) is 0 Å². The van der Waals surface area contributed by atoms with Gasteiger partial charge < -0.3 is 10.1 Å². The van der Waals surface area contributed by atoms with E-state index < -0.39 is 17.6 Å². The molecule has 1 aliphatic rings. The first-order valence-corrected chi connectivity index (χ1v) is 6.75. The molecule has 0 aromatic carbocycles. The third-order valence-electron chi connectivity index (χ3n) is 3.74. The highest BCUT2D eigenvalue weighted by molar-refractivity contribution is 5.36. The van der Waals surface area contributed by atoms with Crippen molar-refractivity contribution in [3.63, 3.8) is 0 Å². The first-order valence-electron chi connectivity index (χ1n) is 6.75. The Morgan fingerprint density at radius 1 is 1.27 bits per heavy atom. The van der Waals surface area contributed by atoms with E-state index in [1.54, 1.807) is 12.4 Å². The van der Waals surface area contributed by atoms with Gasteiger partial charge in [-0.15, -0.1) is 0 Å². The van der Waals surface area contributed by atoms with Crippen molar-refractivity contribution in [2.75, 3.05) is 7.11 Å². The average Bonchev–Trinajstić information content (AvgIpc) is 2.53. The number of pyridine rings is 2. The van der Waals surface area contributed by atoms with Crippen LogP contribution in [0.4, 0.5) is 13.2 Å². The zero-order chi connectivity index (χ0) is 15.7. The molecule has 0 spiro atoms. The fraction of sp³-hybridized carbons (Fsp3) is 0.333. The van der Waals surface area contributed by atoms with Crippen LogP contribution >= 0.6 is 0 Å². The maximum atomic E-state index is 13.1. The number of hydrogen-bond acceptors (Lipinski definition) is 4. The third kappa shape index (κ3) is 2.76. The van der Waals surface area contributed by atoms with Crippen molar-refractivity contribution in [2.45, 2.75) is 25.2 Å². The molecule has 0 aliphatic carbocycles. The number of methoxy groups -OCH3 is 1. The molecule has 4 nitrogen and oxygen atoms in total. The molecule has 0 saturated carbocycles. The monoisotopic (exact) mass is 309 g/mol. The fourth-order valence-electron chi connectivity index (χ4n) is 2.60. The van der Waals surface area contributed by atoms with Gasteiger partial charge in [0.25, 0.3) is 0 Å². The van der Waals surface area contributed by atoms with Gasteiger partial charge in [0.15, 0.2) is 0 Å². The molecular formula is C15H14F3N3O. The summed E-state index contributed by atoms with van der Waals surface area (Å²) in [4.78, 5) is 7.85. The lowest BCUT2D eigenvalue weighted by Crippen LogP contribution is -2.29. The van der Waals surface area contributed by atoms with Crippen molar-refractivity contribution in [3.8, 4) is 5.88 Å². The van der Waals surface area contributed by atoms with E-state index in [-0.39, 0.29) is 6.04 Å².